The number of fused-ring (bicyclic) bond motifs is 1. The number of benzene rings is 2. The first-order valence-corrected chi connectivity index (χ1v) is 6.44. The molecule has 0 aliphatic rings. The molecule has 2 aromatic carbocycles. The van der Waals surface area contributed by atoms with E-state index >= 15 is 0 Å². The summed E-state index contributed by atoms with van der Waals surface area (Å²) in [4.78, 5) is 4.51. The predicted octanol–water partition coefficient (Wildman–Crippen LogP) is 2.66. The van der Waals surface area contributed by atoms with Gasteiger partial charge in [0.15, 0.2) is 0 Å². The van der Waals surface area contributed by atoms with Crippen LogP contribution in [0.4, 0.5) is 0 Å². The van der Waals surface area contributed by atoms with Gasteiger partial charge in [-0.15, -0.1) is 0 Å². The molecule has 20 heavy (non-hydrogen) atoms. The number of rotatable bonds is 3. The predicted molar refractivity (Wildman–Crippen MR) is 77.8 cm³/mol. The zero-order valence-electron chi connectivity index (χ0n) is 11.4. The highest BCUT2D eigenvalue weighted by Crippen LogP contribution is 2.25. The molecule has 0 fully saturated rings. The van der Waals surface area contributed by atoms with Gasteiger partial charge < -0.3 is 14.4 Å². The molecular formula is C16H16N2O2. The maximum Gasteiger partial charge on any atom is 0.143 e. The zero-order valence-corrected chi connectivity index (χ0v) is 11.4. The second kappa shape index (κ2) is 4.98. The van der Waals surface area contributed by atoms with Crippen molar-refractivity contribution >= 4 is 11.0 Å². The number of aliphatic hydroxyl groups is 1. The molecule has 0 saturated carbocycles. The number of methoxy groups -OCH3 is 1. The van der Waals surface area contributed by atoms with E-state index in [1.165, 1.54) is 0 Å². The fourth-order valence-corrected chi connectivity index (χ4v) is 2.34. The molecule has 4 nitrogen and oxygen atoms in total. The van der Waals surface area contributed by atoms with Crippen molar-refractivity contribution in [2.45, 2.75) is 6.10 Å². The molecule has 0 aliphatic heterocycles. The van der Waals surface area contributed by atoms with Crippen LogP contribution in [0.25, 0.3) is 11.0 Å². The topological polar surface area (TPSA) is 47.3 Å². The molecule has 0 unspecified atom stereocenters. The minimum Gasteiger partial charge on any atom is -0.497 e. The van der Waals surface area contributed by atoms with Crippen LogP contribution in [0.3, 0.4) is 0 Å². The number of hydrogen-bond donors (Lipinski definition) is 1. The van der Waals surface area contributed by atoms with Crippen molar-refractivity contribution in [3.8, 4) is 5.75 Å². The number of nitrogens with zero attached hydrogens (tertiary/aromatic N) is 2. The lowest BCUT2D eigenvalue weighted by molar-refractivity contribution is 0.207. The third-order valence-corrected chi connectivity index (χ3v) is 3.50. The van der Waals surface area contributed by atoms with Crippen LogP contribution >= 0.6 is 0 Å². The molecule has 0 spiro atoms. The minimum atomic E-state index is -0.752. The highest BCUT2D eigenvalue weighted by Gasteiger charge is 2.17. The second-order valence-corrected chi connectivity index (χ2v) is 4.69. The van der Waals surface area contributed by atoms with Crippen molar-refractivity contribution in [2.75, 3.05) is 7.11 Å². The molecule has 0 amide bonds. The van der Waals surface area contributed by atoms with E-state index in [1.807, 2.05) is 60.1 Å². The maximum atomic E-state index is 10.5. The lowest BCUT2D eigenvalue weighted by Gasteiger charge is -2.11. The van der Waals surface area contributed by atoms with Gasteiger partial charge in [-0.05, 0) is 29.8 Å². The molecule has 3 aromatic rings. The summed E-state index contributed by atoms with van der Waals surface area (Å²) < 4.78 is 7.04. The SMILES string of the molecule is COc1ccc([C@@H](O)c2nc3ccccc3n2C)cc1. The van der Waals surface area contributed by atoms with E-state index in [9.17, 15) is 5.11 Å². The van der Waals surface area contributed by atoms with E-state index in [1.54, 1.807) is 7.11 Å². The van der Waals surface area contributed by atoms with E-state index in [2.05, 4.69) is 4.98 Å². The number of para-hydroxylation sites is 2. The molecule has 1 aromatic heterocycles. The van der Waals surface area contributed by atoms with Crippen LogP contribution in [0.15, 0.2) is 48.5 Å². The number of aliphatic hydroxyl groups excluding tert-OH is 1. The highest BCUT2D eigenvalue weighted by atomic mass is 16.5. The van der Waals surface area contributed by atoms with E-state index in [0.29, 0.717) is 5.82 Å². The Morgan fingerprint density at radius 2 is 1.80 bits per heavy atom. The Balaban J connectivity index is 2.02. The summed E-state index contributed by atoms with van der Waals surface area (Å²) in [5.74, 6) is 1.40. The van der Waals surface area contributed by atoms with Crippen molar-refractivity contribution in [3.05, 3.63) is 59.9 Å². The Bertz CT molecular complexity index is 732. The van der Waals surface area contributed by atoms with Crippen molar-refractivity contribution in [2.24, 2.45) is 7.05 Å². The Morgan fingerprint density at radius 3 is 2.45 bits per heavy atom. The molecule has 0 aliphatic carbocycles. The average Bonchev–Trinajstić information content (AvgIpc) is 2.84. The fraction of sp³-hybridized carbons (Fsp3) is 0.188. The summed E-state index contributed by atoms with van der Waals surface area (Å²) >= 11 is 0. The van der Waals surface area contributed by atoms with E-state index in [0.717, 1.165) is 22.3 Å². The summed E-state index contributed by atoms with van der Waals surface area (Å²) in [5, 5.41) is 10.5. The molecule has 1 heterocycles. The van der Waals surface area contributed by atoms with Crippen LogP contribution in [0, 0.1) is 0 Å². The summed E-state index contributed by atoms with van der Waals surface area (Å²) in [7, 11) is 3.54. The first kappa shape index (κ1) is 12.7. The molecule has 1 N–H and O–H groups in total. The number of imidazole rings is 1. The van der Waals surface area contributed by atoms with Crippen molar-refractivity contribution in [1.82, 2.24) is 9.55 Å². The Kier molecular flexibility index (Phi) is 3.16. The molecule has 4 heteroatoms. The van der Waals surface area contributed by atoms with Gasteiger partial charge in [-0.3, -0.25) is 0 Å². The monoisotopic (exact) mass is 268 g/mol. The summed E-state index contributed by atoms with van der Waals surface area (Å²) in [6.45, 7) is 0. The van der Waals surface area contributed by atoms with Gasteiger partial charge in [-0.2, -0.15) is 0 Å². The van der Waals surface area contributed by atoms with Gasteiger partial charge in [-0.25, -0.2) is 4.98 Å². The molecule has 0 bridgehead atoms. The van der Waals surface area contributed by atoms with Crippen molar-refractivity contribution < 1.29 is 9.84 Å². The molecule has 102 valence electrons. The third-order valence-electron chi connectivity index (χ3n) is 3.50. The van der Waals surface area contributed by atoms with Gasteiger partial charge in [0.05, 0.1) is 18.1 Å². The van der Waals surface area contributed by atoms with Crippen LogP contribution < -0.4 is 4.74 Å². The smallest absolute Gasteiger partial charge is 0.143 e. The van der Waals surface area contributed by atoms with Gasteiger partial charge in [0, 0.05) is 7.05 Å². The summed E-state index contributed by atoms with van der Waals surface area (Å²) in [6, 6.07) is 15.2. The second-order valence-electron chi connectivity index (χ2n) is 4.69. The Labute approximate surface area is 117 Å². The average molecular weight is 268 g/mol. The van der Waals surface area contributed by atoms with Gasteiger partial charge in [0.25, 0.3) is 0 Å². The molecule has 3 rings (SSSR count). The molecule has 1 atom stereocenters. The van der Waals surface area contributed by atoms with Crippen LogP contribution in [0.2, 0.25) is 0 Å². The van der Waals surface area contributed by atoms with Crippen LogP contribution in [0.1, 0.15) is 17.5 Å². The standard InChI is InChI=1S/C16H16N2O2/c1-18-14-6-4-3-5-13(14)17-16(18)15(19)11-7-9-12(20-2)10-8-11/h3-10,15,19H,1-2H3/t15-/m1/s1. The van der Waals surface area contributed by atoms with E-state index < -0.39 is 6.10 Å². The number of ether oxygens (including phenoxy) is 1. The van der Waals surface area contributed by atoms with E-state index in [4.69, 9.17) is 4.74 Å². The first-order valence-electron chi connectivity index (χ1n) is 6.44. The van der Waals surface area contributed by atoms with Gasteiger partial charge >= 0.3 is 0 Å². The molecule has 0 saturated heterocycles. The minimum absolute atomic E-state index is 0.636. The van der Waals surface area contributed by atoms with Gasteiger partial charge in [-0.1, -0.05) is 24.3 Å². The lowest BCUT2D eigenvalue weighted by Crippen LogP contribution is -2.07. The zero-order chi connectivity index (χ0) is 14.1. The van der Waals surface area contributed by atoms with Gasteiger partial charge in [0.1, 0.15) is 17.7 Å². The van der Waals surface area contributed by atoms with Crippen molar-refractivity contribution in [3.63, 3.8) is 0 Å². The van der Waals surface area contributed by atoms with E-state index in [-0.39, 0.29) is 0 Å². The maximum absolute atomic E-state index is 10.5. The normalized spacial score (nSPS) is 12.6. The Hall–Kier alpha value is -2.33. The number of aryl methyl sites for hydroxylation is 1. The van der Waals surface area contributed by atoms with Crippen molar-refractivity contribution in [1.29, 1.82) is 0 Å². The van der Waals surface area contributed by atoms with Crippen LogP contribution in [-0.4, -0.2) is 21.8 Å². The van der Waals surface area contributed by atoms with Crippen LogP contribution in [0.5, 0.6) is 5.75 Å². The largest absolute Gasteiger partial charge is 0.497 e. The molecular weight excluding hydrogens is 252 g/mol. The summed E-state index contributed by atoms with van der Waals surface area (Å²) in [6.07, 6.45) is -0.752. The third kappa shape index (κ3) is 2.04. The Morgan fingerprint density at radius 1 is 1.10 bits per heavy atom. The highest BCUT2D eigenvalue weighted by molar-refractivity contribution is 5.76. The van der Waals surface area contributed by atoms with Crippen LogP contribution in [-0.2, 0) is 7.05 Å². The number of hydrogen-bond acceptors (Lipinski definition) is 3. The lowest BCUT2D eigenvalue weighted by atomic mass is 10.1. The quantitative estimate of drug-likeness (QED) is 0.794. The number of aromatic nitrogens is 2. The molecule has 0 radical (unpaired) electrons. The first-order chi connectivity index (χ1) is 9.70. The summed E-state index contributed by atoms with van der Waals surface area (Å²) in [5.41, 5.74) is 2.69. The fourth-order valence-electron chi connectivity index (χ4n) is 2.34. The van der Waals surface area contributed by atoms with Gasteiger partial charge in [0.2, 0.25) is 0 Å².